The number of amides is 1. The number of Topliss-reactive ketones (excluding diaryl/α,β-unsaturated/α-hetero) is 2. The number of carbonyl (C=O) groups is 3. The highest BCUT2D eigenvalue weighted by Gasteiger charge is 2.19. The van der Waals surface area contributed by atoms with Crippen molar-refractivity contribution in [3.8, 4) is 28.4 Å². The molecule has 4 rings (SSSR count). The summed E-state index contributed by atoms with van der Waals surface area (Å²) in [5, 5.41) is 7.03. The molecule has 0 atom stereocenters. The number of aromatic nitrogens is 2. The van der Waals surface area contributed by atoms with Crippen LogP contribution in [0.1, 0.15) is 59.4 Å². The molecule has 0 saturated heterocycles. The predicted molar refractivity (Wildman–Crippen MR) is 190 cm³/mol. The van der Waals surface area contributed by atoms with Crippen molar-refractivity contribution in [3.05, 3.63) is 75.8 Å². The van der Waals surface area contributed by atoms with Crippen LogP contribution in [0, 0.1) is 0 Å². The monoisotopic (exact) mass is 671 g/mol. The van der Waals surface area contributed by atoms with Gasteiger partial charge in [0.2, 0.25) is 5.91 Å². The van der Waals surface area contributed by atoms with E-state index in [0.29, 0.717) is 71.1 Å². The lowest BCUT2D eigenvalue weighted by Gasteiger charge is -2.19. The van der Waals surface area contributed by atoms with Crippen LogP contribution < -0.4 is 30.4 Å². The van der Waals surface area contributed by atoms with E-state index >= 15 is 0 Å². The molecular formula is C37H45N5O7. The van der Waals surface area contributed by atoms with Gasteiger partial charge >= 0.3 is 0 Å². The lowest BCUT2D eigenvalue weighted by Crippen LogP contribution is -2.30. The van der Waals surface area contributed by atoms with E-state index in [-0.39, 0.29) is 29.6 Å². The first-order valence-corrected chi connectivity index (χ1v) is 16.1. The average Bonchev–Trinajstić information content (AvgIpc) is 3.07. The molecule has 1 amide bonds. The highest BCUT2D eigenvalue weighted by Crippen LogP contribution is 2.37. The van der Waals surface area contributed by atoms with Crippen molar-refractivity contribution in [2.75, 3.05) is 53.3 Å². The number of benzene rings is 2. The fourth-order valence-corrected chi connectivity index (χ4v) is 5.65. The molecule has 260 valence electrons. The number of ketones is 2. The number of rotatable bonds is 17. The summed E-state index contributed by atoms with van der Waals surface area (Å²) < 4.78 is 18.8. The molecule has 0 saturated carbocycles. The largest absolute Gasteiger partial charge is 0.496 e. The van der Waals surface area contributed by atoms with Gasteiger partial charge in [0.1, 0.15) is 23.1 Å². The van der Waals surface area contributed by atoms with Gasteiger partial charge in [0.15, 0.2) is 11.6 Å². The van der Waals surface area contributed by atoms with Crippen LogP contribution in [0.25, 0.3) is 21.9 Å². The Labute approximate surface area is 286 Å². The SMILES string of the molecule is COc1cc(-c2cn(C)c(=O)c3cc(NCC(=O)NCCCCCOc4cccc(C(C)=O)c4C(C)=O)ncc23)cc(OC)c1CN(C)C. The van der Waals surface area contributed by atoms with Crippen LogP contribution in [0.3, 0.4) is 0 Å². The minimum absolute atomic E-state index is 0.0102. The summed E-state index contributed by atoms with van der Waals surface area (Å²) in [5.41, 5.74) is 3.00. The summed E-state index contributed by atoms with van der Waals surface area (Å²) in [7, 11) is 8.88. The summed E-state index contributed by atoms with van der Waals surface area (Å²) in [5.74, 6) is 1.56. The Kier molecular flexibility index (Phi) is 12.5. The lowest BCUT2D eigenvalue weighted by atomic mass is 9.99. The number of hydrogen-bond acceptors (Lipinski definition) is 10. The number of nitrogens with zero attached hydrogens (tertiary/aromatic N) is 3. The number of carbonyl (C=O) groups excluding carboxylic acids is 3. The summed E-state index contributed by atoms with van der Waals surface area (Å²) in [6.45, 7) is 4.33. The van der Waals surface area contributed by atoms with Crippen LogP contribution in [0.4, 0.5) is 5.82 Å². The number of methoxy groups -OCH3 is 2. The fourth-order valence-electron chi connectivity index (χ4n) is 5.65. The highest BCUT2D eigenvalue weighted by atomic mass is 16.5. The minimum atomic E-state index is -0.216. The second kappa shape index (κ2) is 16.7. The zero-order valence-electron chi connectivity index (χ0n) is 29.3. The molecule has 2 heterocycles. The van der Waals surface area contributed by atoms with E-state index in [0.717, 1.165) is 29.5 Å². The minimum Gasteiger partial charge on any atom is -0.496 e. The van der Waals surface area contributed by atoms with Gasteiger partial charge in [-0.1, -0.05) is 12.1 Å². The van der Waals surface area contributed by atoms with Gasteiger partial charge in [0.05, 0.1) is 43.9 Å². The van der Waals surface area contributed by atoms with Crippen LogP contribution in [0.2, 0.25) is 0 Å². The topological polar surface area (TPSA) is 141 Å². The van der Waals surface area contributed by atoms with Gasteiger partial charge in [-0.3, -0.25) is 19.2 Å². The number of unbranched alkanes of at least 4 members (excludes halogenated alkanes) is 2. The van der Waals surface area contributed by atoms with E-state index in [1.807, 2.05) is 31.1 Å². The highest BCUT2D eigenvalue weighted by molar-refractivity contribution is 6.09. The Morgan fingerprint density at radius 2 is 1.63 bits per heavy atom. The first-order valence-electron chi connectivity index (χ1n) is 16.1. The number of ether oxygens (including phenoxy) is 3. The maximum atomic E-state index is 13.2. The molecule has 0 aliphatic rings. The number of aryl methyl sites for hydroxylation is 1. The summed E-state index contributed by atoms with van der Waals surface area (Å²) in [6.07, 6.45) is 5.66. The van der Waals surface area contributed by atoms with Crippen molar-refractivity contribution >= 4 is 34.1 Å². The van der Waals surface area contributed by atoms with Gasteiger partial charge in [-0.15, -0.1) is 0 Å². The van der Waals surface area contributed by atoms with Gasteiger partial charge < -0.3 is 34.3 Å². The molecule has 0 radical (unpaired) electrons. The molecular weight excluding hydrogens is 626 g/mol. The normalized spacial score (nSPS) is 11.0. The third kappa shape index (κ3) is 9.02. The Balaban J connectivity index is 1.34. The Morgan fingerprint density at radius 3 is 2.27 bits per heavy atom. The van der Waals surface area contributed by atoms with Gasteiger partial charge in [0.25, 0.3) is 5.56 Å². The molecule has 0 aliphatic heterocycles. The van der Waals surface area contributed by atoms with Crippen molar-refractivity contribution in [1.29, 1.82) is 0 Å². The van der Waals surface area contributed by atoms with Crippen LogP contribution in [0.15, 0.2) is 53.6 Å². The Morgan fingerprint density at radius 1 is 0.918 bits per heavy atom. The van der Waals surface area contributed by atoms with E-state index < -0.39 is 0 Å². The standard InChI is InChI=1S/C37H45N5O7/c1-23(43)26-12-11-13-31(36(26)24(2)44)49-15-10-8-9-14-38-35(45)20-40-34-18-27-28(19-39-34)29(22-42(5)37(27)46)25-16-32(47-6)30(21-41(3)4)33(17-25)48-7/h11-13,16-19,22H,8-10,14-15,20-21H2,1-7H3,(H,38,45)(H,39,40). The van der Waals surface area contributed by atoms with Crippen molar-refractivity contribution in [3.63, 3.8) is 0 Å². The lowest BCUT2D eigenvalue weighted by molar-refractivity contribution is -0.119. The first-order chi connectivity index (χ1) is 23.4. The maximum Gasteiger partial charge on any atom is 0.258 e. The summed E-state index contributed by atoms with van der Waals surface area (Å²) in [4.78, 5) is 56.2. The van der Waals surface area contributed by atoms with Gasteiger partial charge in [-0.25, -0.2) is 4.98 Å². The van der Waals surface area contributed by atoms with Crippen molar-refractivity contribution < 1.29 is 28.6 Å². The van der Waals surface area contributed by atoms with Gasteiger partial charge in [-0.2, -0.15) is 0 Å². The fraction of sp³-hybridized carbons (Fsp3) is 0.378. The molecule has 0 unspecified atom stereocenters. The average molecular weight is 672 g/mol. The molecule has 2 aromatic heterocycles. The number of nitrogens with one attached hydrogen (secondary N) is 2. The van der Waals surface area contributed by atoms with E-state index in [1.165, 1.54) is 18.4 Å². The third-order valence-corrected chi connectivity index (χ3v) is 8.05. The Bertz CT molecular complexity index is 1880. The van der Waals surface area contributed by atoms with Crippen LogP contribution in [-0.4, -0.2) is 79.9 Å². The molecule has 2 aromatic carbocycles. The molecule has 49 heavy (non-hydrogen) atoms. The number of fused-ring (bicyclic) bond motifs is 1. The van der Waals surface area contributed by atoms with E-state index in [2.05, 4.69) is 15.6 Å². The van der Waals surface area contributed by atoms with Crippen LogP contribution in [0.5, 0.6) is 17.2 Å². The van der Waals surface area contributed by atoms with Crippen LogP contribution >= 0.6 is 0 Å². The Hall–Kier alpha value is -5.23. The maximum absolute atomic E-state index is 13.2. The summed E-state index contributed by atoms with van der Waals surface area (Å²) in [6, 6.07) is 10.5. The number of anilines is 1. The second-order valence-electron chi connectivity index (χ2n) is 12.1. The van der Waals surface area contributed by atoms with Gasteiger partial charge in [0, 0.05) is 49.0 Å². The summed E-state index contributed by atoms with van der Waals surface area (Å²) >= 11 is 0. The molecule has 2 N–H and O–H groups in total. The molecule has 12 heteroatoms. The van der Waals surface area contributed by atoms with E-state index in [1.54, 1.807) is 57.9 Å². The van der Waals surface area contributed by atoms with Crippen LogP contribution in [-0.2, 0) is 18.4 Å². The predicted octanol–water partition coefficient (Wildman–Crippen LogP) is 4.86. The van der Waals surface area contributed by atoms with E-state index in [9.17, 15) is 19.2 Å². The van der Waals surface area contributed by atoms with Crippen molar-refractivity contribution in [2.45, 2.75) is 39.7 Å². The van der Waals surface area contributed by atoms with Crippen molar-refractivity contribution in [2.24, 2.45) is 7.05 Å². The smallest absolute Gasteiger partial charge is 0.258 e. The van der Waals surface area contributed by atoms with Gasteiger partial charge in [-0.05, 0) is 77.0 Å². The van der Waals surface area contributed by atoms with Crippen molar-refractivity contribution in [1.82, 2.24) is 19.8 Å². The molecule has 4 aromatic rings. The molecule has 0 fully saturated rings. The first kappa shape index (κ1) is 36.6. The third-order valence-electron chi connectivity index (χ3n) is 8.05. The quantitative estimate of drug-likeness (QED) is 0.118. The zero-order chi connectivity index (χ0) is 35.7. The number of hydrogen-bond donors (Lipinski definition) is 2. The van der Waals surface area contributed by atoms with E-state index in [4.69, 9.17) is 14.2 Å². The molecule has 0 aliphatic carbocycles. The molecule has 12 nitrogen and oxygen atoms in total. The zero-order valence-corrected chi connectivity index (χ0v) is 29.3. The second-order valence-corrected chi connectivity index (χ2v) is 12.1. The molecule has 0 spiro atoms. The number of pyridine rings is 2. The molecule has 0 bridgehead atoms.